The maximum atomic E-state index is 5.51. The molecule has 3 rings (SSSR count). The van der Waals surface area contributed by atoms with Gasteiger partial charge >= 0.3 is 0 Å². The van der Waals surface area contributed by atoms with Crippen molar-refractivity contribution in [2.24, 2.45) is 0 Å². The van der Waals surface area contributed by atoms with Crippen LogP contribution < -0.4 is 10.1 Å². The fraction of sp³-hybridized carbons (Fsp3) is 0.400. The highest BCUT2D eigenvalue weighted by Crippen LogP contribution is 2.30. The van der Waals surface area contributed by atoms with Gasteiger partial charge in [0.15, 0.2) is 0 Å². The maximum Gasteiger partial charge on any atom is 0.123 e. The van der Waals surface area contributed by atoms with Gasteiger partial charge < -0.3 is 10.1 Å². The molecule has 1 unspecified atom stereocenters. The van der Waals surface area contributed by atoms with Gasteiger partial charge in [-0.15, -0.1) is 11.3 Å². The minimum absolute atomic E-state index is 0.335. The van der Waals surface area contributed by atoms with Crippen LogP contribution in [0.5, 0.6) is 5.75 Å². The van der Waals surface area contributed by atoms with Crippen LogP contribution in [0, 0.1) is 0 Å². The molecular formula is C15H19N3OS. The van der Waals surface area contributed by atoms with Crippen LogP contribution in [-0.2, 0) is 6.54 Å². The lowest BCUT2D eigenvalue weighted by Gasteiger charge is -2.36. The normalized spacial score (nSPS) is 19.9. The molecule has 1 aliphatic rings. The highest BCUT2D eigenvalue weighted by Gasteiger charge is 2.26. The summed E-state index contributed by atoms with van der Waals surface area (Å²) in [6.45, 7) is 3.90. The minimum Gasteiger partial charge on any atom is -0.496 e. The molecule has 1 aliphatic heterocycles. The van der Waals surface area contributed by atoms with Crippen molar-refractivity contribution in [1.29, 1.82) is 0 Å². The molecule has 0 bridgehead atoms. The molecule has 2 heterocycles. The Morgan fingerprint density at radius 1 is 1.45 bits per heavy atom. The molecule has 2 aromatic rings. The number of para-hydroxylation sites is 1. The lowest BCUT2D eigenvalue weighted by Crippen LogP contribution is -2.45. The first-order valence-corrected chi connectivity index (χ1v) is 7.77. The largest absolute Gasteiger partial charge is 0.496 e. The van der Waals surface area contributed by atoms with E-state index in [0.29, 0.717) is 6.04 Å². The van der Waals surface area contributed by atoms with Gasteiger partial charge in [0.1, 0.15) is 5.75 Å². The molecular weight excluding hydrogens is 270 g/mol. The Hall–Kier alpha value is -1.43. The fourth-order valence-electron chi connectivity index (χ4n) is 2.71. The average Bonchev–Trinajstić information content (AvgIpc) is 3.01. The van der Waals surface area contributed by atoms with Crippen LogP contribution in [0.25, 0.3) is 0 Å². The number of hydrogen-bond donors (Lipinski definition) is 1. The van der Waals surface area contributed by atoms with Crippen molar-refractivity contribution >= 4 is 11.3 Å². The van der Waals surface area contributed by atoms with Gasteiger partial charge in [0, 0.05) is 37.1 Å². The van der Waals surface area contributed by atoms with E-state index >= 15 is 0 Å². The Labute approximate surface area is 123 Å². The van der Waals surface area contributed by atoms with Crippen molar-refractivity contribution < 1.29 is 4.74 Å². The summed E-state index contributed by atoms with van der Waals surface area (Å²) in [5, 5.41) is 5.61. The molecule has 20 heavy (non-hydrogen) atoms. The quantitative estimate of drug-likeness (QED) is 0.937. The predicted octanol–water partition coefficient (Wildman–Crippen LogP) is 2.30. The van der Waals surface area contributed by atoms with Crippen molar-refractivity contribution in [2.45, 2.75) is 12.6 Å². The summed E-state index contributed by atoms with van der Waals surface area (Å²) in [5.41, 5.74) is 4.30. The van der Waals surface area contributed by atoms with Crippen LogP contribution in [-0.4, -0.2) is 36.6 Å². The van der Waals surface area contributed by atoms with Crippen LogP contribution in [0.2, 0.25) is 0 Å². The van der Waals surface area contributed by atoms with E-state index in [1.807, 2.05) is 17.6 Å². The predicted molar refractivity (Wildman–Crippen MR) is 81.1 cm³/mol. The molecule has 0 aliphatic carbocycles. The van der Waals surface area contributed by atoms with Crippen LogP contribution in [0.15, 0.2) is 35.2 Å². The Morgan fingerprint density at radius 2 is 2.35 bits per heavy atom. The van der Waals surface area contributed by atoms with Gasteiger partial charge in [-0.25, -0.2) is 4.98 Å². The highest BCUT2D eigenvalue weighted by molar-refractivity contribution is 7.07. The molecule has 1 saturated heterocycles. The first kappa shape index (κ1) is 13.5. The molecule has 106 valence electrons. The van der Waals surface area contributed by atoms with Gasteiger partial charge in [0.25, 0.3) is 0 Å². The zero-order valence-corrected chi connectivity index (χ0v) is 12.4. The van der Waals surface area contributed by atoms with Gasteiger partial charge in [-0.05, 0) is 6.07 Å². The van der Waals surface area contributed by atoms with Crippen molar-refractivity contribution in [3.05, 3.63) is 46.4 Å². The van der Waals surface area contributed by atoms with Crippen LogP contribution in [0.1, 0.15) is 17.3 Å². The minimum atomic E-state index is 0.335. The number of piperazine rings is 1. The topological polar surface area (TPSA) is 37.4 Å². The molecule has 5 heteroatoms. The third-order valence-corrected chi connectivity index (χ3v) is 4.34. The summed E-state index contributed by atoms with van der Waals surface area (Å²) in [4.78, 5) is 6.88. The van der Waals surface area contributed by atoms with Crippen molar-refractivity contribution in [2.75, 3.05) is 26.7 Å². The molecule has 1 N–H and O–H groups in total. The number of methoxy groups -OCH3 is 1. The standard InChI is InChI=1S/C15H19N3OS/c1-19-15-5-3-2-4-13(15)14-8-16-6-7-18(14)9-12-10-20-11-17-12/h2-5,10-11,14,16H,6-9H2,1H3. The third kappa shape index (κ3) is 2.85. The molecule has 1 aromatic heterocycles. The maximum absolute atomic E-state index is 5.51. The molecule has 4 nitrogen and oxygen atoms in total. The Kier molecular flexibility index (Phi) is 4.30. The van der Waals surface area contributed by atoms with Crippen LogP contribution in [0.3, 0.4) is 0 Å². The monoisotopic (exact) mass is 289 g/mol. The molecule has 1 fully saturated rings. The molecule has 0 spiro atoms. The van der Waals surface area contributed by atoms with Gasteiger partial charge in [0.05, 0.1) is 24.4 Å². The molecule has 1 aromatic carbocycles. The number of benzene rings is 1. The van der Waals surface area contributed by atoms with E-state index in [4.69, 9.17) is 4.74 Å². The summed E-state index contributed by atoms with van der Waals surface area (Å²) in [6, 6.07) is 8.62. The summed E-state index contributed by atoms with van der Waals surface area (Å²) < 4.78 is 5.51. The second-order valence-electron chi connectivity index (χ2n) is 4.91. The number of rotatable bonds is 4. The summed E-state index contributed by atoms with van der Waals surface area (Å²) >= 11 is 1.65. The lowest BCUT2D eigenvalue weighted by atomic mass is 10.0. The zero-order valence-electron chi connectivity index (χ0n) is 11.6. The number of nitrogens with zero attached hydrogens (tertiary/aromatic N) is 2. The number of hydrogen-bond acceptors (Lipinski definition) is 5. The van der Waals surface area contributed by atoms with Gasteiger partial charge in [-0.1, -0.05) is 18.2 Å². The van der Waals surface area contributed by atoms with E-state index in [0.717, 1.165) is 37.6 Å². The second kappa shape index (κ2) is 6.35. The molecule has 0 saturated carbocycles. The third-order valence-electron chi connectivity index (χ3n) is 3.70. The van der Waals surface area contributed by atoms with Gasteiger partial charge in [0.2, 0.25) is 0 Å². The summed E-state index contributed by atoms with van der Waals surface area (Å²) in [5.74, 6) is 0.962. The van der Waals surface area contributed by atoms with Crippen molar-refractivity contribution in [3.63, 3.8) is 0 Å². The molecule has 0 radical (unpaired) electrons. The van der Waals surface area contributed by atoms with E-state index in [-0.39, 0.29) is 0 Å². The summed E-state index contributed by atoms with van der Waals surface area (Å²) in [6.07, 6.45) is 0. The number of aromatic nitrogens is 1. The Bertz CT molecular complexity index is 544. The van der Waals surface area contributed by atoms with E-state index in [2.05, 4.69) is 32.7 Å². The average molecular weight is 289 g/mol. The number of ether oxygens (including phenoxy) is 1. The van der Waals surface area contributed by atoms with E-state index in [1.165, 1.54) is 5.56 Å². The zero-order chi connectivity index (χ0) is 13.8. The Balaban J connectivity index is 1.84. The van der Waals surface area contributed by atoms with Gasteiger partial charge in [-0.2, -0.15) is 0 Å². The fourth-order valence-corrected chi connectivity index (χ4v) is 3.26. The highest BCUT2D eigenvalue weighted by atomic mass is 32.1. The number of nitrogens with one attached hydrogen (secondary N) is 1. The molecule has 1 atom stereocenters. The number of thiazole rings is 1. The SMILES string of the molecule is COc1ccccc1C1CNCCN1Cc1cscn1. The van der Waals surface area contributed by atoms with E-state index < -0.39 is 0 Å². The van der Waals surface area contributed by atoms with Gasteiger partial charge in [-0.3, -0.25) is 4.90 Å². The second-order valence-corrected chi connectivity index (χ2v) is 5.63. The first-order chi connectivity index (χ1) is 9.88. The molecule has 0 amide bonds. The van der Waals surface area contributed by atoms with E-state index in [9.17, 15) is 0 Å². The Morgan fingerprint density at radius 3 is 3.15 bits per heavy atom. The van der Waals surface area contributed by atoms with Crippen molar-refractivity contribution in [1.82, 2.24) is 15.2 Å². The van der Waals surface area contributed by atoms with Crippen molar-refractivity contribution in [3.8, 4) is 5.75 Å². The smallest absolute Gasteiger partial charge is 0.123 e. The van der Waals surface area contributed by atoms with Crippen LogP contribution in [0.4, 0.5) is 0 Å². The lowest BCUT2D eigenvalue weighted by molar-refractivity contribution is 0.149. The van der Waals surface area contributed by atoms with E-state index in [1.54, 1.807) is 18.4 Å². The van der Waals surface area contributed by atoms with Crippen LogP contribution >= 0.6 is 11.3 Å². The summed E-state index contributed by atoms with van der Waals surface area (Å²) in [7, 11) is 1.74. The first-order valence-electron chi connectivity index (χ1n) is 6.83.